The fourth-order valence-corrected chi connectivity index (χ4v) is 0.652. The van der Waals surface area contributed by atoms with Crippen molar-refractivity contribution in [2.75, 3.05) is 11.5 Å². The zero-order valence-corrected chi connectivity index (χ0v) is 5.94. The van der Waals surface area contributed by atoms with E-state index in [0.29, 0.717) is 11.5 Å². The summed E-state index contributed by atoms with van der Waals surface area (Å²) in [7, 11) is 0. The second-order valence-electron chi connectivity index (χ2n) is 0.916. The maximum absolute atomic E-state index is 4.95. The zero-order valence-electron chi connectivity index (χ0n) is 4.31. The molecule has 0 N–H and O–H groups in total. The number of hydrogen-bond donors (Lipinski definition) is 0. The Hall–Kier alpha value is -0.180. The molecule has 0 amide bonds. The van der Waals surface area contributed by atoms with Gasteiger partial charge in [0.2, 0.25) is 0 Å². The van der Waals surface area contributed by atoms with E-state index in [0.717, 1.165) is 0 Å². The van der Waals surface area contributed by atoms with Gasteiger partial charge in [-0.2, -0.15) is 0 Å². The van der Waals surface area contributed by atoms with E-state index in [2.05, 4.69) is 29.7 Å². The van der Waals surface area contributed by atoms with E-state index in [1.54, 1.807) is 0 Å². The highest BCUT2D eigenvalue weighted by Crippen LogP contribution is 1.92. The summed E-state index contributed by atoms with van der Waals surface area (Å²) in [6.45, 7) is 0. The highest BCUT2D eigenvalue weighted by atomic mass is 32.2. The van der Waals surface area contributed by atoms with E-state index in [9.17, 15) is 0 Å². The molecule has 0 fully saturated rings. The minimum atomic E-state index is 0.498. The van der Waals surface area contributed by atoms with E-state index >= 15 is 0 Å². The van der Waals surface area contributed by atoms with Crippen LogP contribution in [0.4, 0.5) is 0 Å². The molecule has 0 rings (SSSR count). The lowest BCUT2D eigenvalue weighted by Crippen LogP contribution is -1.63. The fraction of sp³-hybridized carbons (Fsp3) is 0.333. The Bertz CT molecular complexity index is 133. The second kappa shape index (κ2) is 6.82. The molecule has 0 aromatic carbocycles. The van der Waals surface area contributed by atoms with Crippen molar-refractivity contribution in [1.29, 1.82) is 0 Å². The van der Waals surface area contributed by atoms with Crippen molar-refractivity contribution in [1.82, 2.24) is 0 Å². The first-order chi connectivity index (χ1) is 3.91. The highest BCUT2D eigenvalue weighted by Gasteiger charge is 1.70. The molecule has 1 radical (unpaired) electrons. The zero-order chi connectivity index (χ0) is 6.24. The van der Waals surface area contributed by atoms with Crippen LogP contribution in [0.1, 0.15) is 0 Å². The molecule has 0 aliphatic rings. The predicted octanol–water partition coefficient (Wildman–Crippen LogP) is 1.51. The van der Waals surface area contributed by atoms with Crippen molar-refractivity contribution in [3.8, 4) is 23.5 Å². The number of terminal acetylenes is 1. The van der Waals surface area contributed by atoms with Crippen LogP contribution in [0.5, 0.6) is 0 Å². The third-order valence-corrected chi connectivity index (χ3v) is 1.12. The molecular weight excluding hydrogens is 136 g/mol. The molecule has 0 unspecified atom stereocenters. The Morgan fingerprint density at radius 1 is 1.62 bits per heavy atom. The van der Waals surface area contributed by atoms with Gasteiger partial charge >= 0.3 is 0 Å². The van der Waals surface area contributed by atoms with Crippen LogP contribution in [-0.4, -0.2) is 11.5 Å². The minimum Gasteiger partial charge on any atom is -0.119 e. The average Bonchev–Trinajstić information content (AvgIpc) is 1.81. The summed E-state index contributed by atoms with van der Waals surface area (Å²) in [5.41, 5.74) is 0. The summed E-state index contributed by atoms with van der Waals surface area (Å²) in [6, 6.07) is 0. The Morgan fingerprint density at radius 3 is 2.88 bits per heavy atom. The summed E-state index contributed by atoms with van der Waals surface area (Å²) in [5.74, 6) is 6.32. The second-order valence-corrected chi connectivity index (χ2v) is 1.99. The van der Waals surface area contributed by atoms with Gasteiger partial charge in [0.1, 0.15) is 0 Å². The quantitative estimate of drug-likeness (QED) is 0.394. The van der Waals surface area contributed by atoms with Gasteiger partial charge in [-0.05, 0) is 5.25 Å². The van der Waals surface area contributed by atoms with Crippen molar-refractivity contribution >= 4 is 24.4 Å². The topological polar surface area (TPSA) is 0 Å². The molecule has 0 nitrogen and oxygen atoms in total. The molecule has 0 spiro atoms. The van der Waals surface area contributed by atoms with Gasteiger partial charge in [0, 0.05) is 0 Å². The van der Waals surface area contributed by atoms with Crippen LogP contribution in [0.25, 0.3) is 0 Å². The molecular formula is C6H5S2. The normalized spacial score (nSPS) is 6.50. The average molecular weight is 141 g/mol. The maximum atomic E-state index is 4.95. The molecule has 0 aliphatic heterocycles. The maximum Gasteiger partial charge on any atom is 0.0668 e. The molecule has 8 heavy (non-hydrogen) atoms. The van der Waals surface area contributed by atoms with Gasteiger partial charge in [0.15, 0.2) is 0 Å². The van der Waals surface area contributed by atoms with Crippen molar-refractivity contribution in [2.24, 2.45) is 0 Å². The van der Waals surface area contributed by atoms with Crippen molar-refractivity contribution in [3.63, 3.8) is 0 Å². The first-order valence-corrected chi connectivity index (χ1v) is 3.59. The summed E-state index contributed by atoms with van der Waals surface area (Å²) in [6.07, 6.45) is 4.95. The Morgan fingerprint density at radius 2 is 2.38 bits per heavy atom. The lowest BCUT2D eigenvalue weighted by Gasteiger charge is -1.74. The van der Waals surface area contributed by atoms with Crippen LogP contribution < -0.4 is 0 Å². The Labute approximate surface area is 59.8 Å². The third kappa shape index (κ3) is 5.82. The van der Waals surface area contributed by atoms with Crippen LogP contribution in [-0.2, 0) is 0 Å². The molecule has 0 aliphatic carbocycles. The molecule has 0 heterocycles. The van der Waals surface area contributed by atoms with E-state index in [4.69, 9.17) is 6.42 Å². The predicted molar refractivity (Wildman–Crippen MR) is 41.5 cm³/mol. The molecule has 0 saturated heterocycles. The fourth-order valence-electron chi connectivity index (χ4n) is 0.158. The first-order valence-electron chi connectivity index (χ1n) is 2.03. The molecule has 0 atom stereocenters. The van der Waals surface area contributed by atoms with Crippen molar-refractivity contribution < 1.29 is 0 Å². The lowest BCUT2D eigenvalue weighted by molar-refractivity contribution is 1.96. The molecule has 0 bridgehead atoms. The monoisotopic (exact) mass is 141 g/mol. The smallest absolute Gasteiger partial charge is 0.0668 e. The van der Waals surface area contributed by atoms with E-state index < -0.39 is 0 Å². The van der Waals surface area contributed by atoms with Gasteiger partial charge in [0.25, 0.3) is 0 Å². The van der Waals surface area contributed by atoms with Gasteiger partial charge < -0.3 is 0 Å². The van der Waals surface area contributed by atoms with E-state index in [1.165, 1.54) is 11.8 Å². The van der Waals surface area contributed by atoms with Crippen molar-refractivity contribution in [3.05, 3.63) is 0 Å². The summed E-state index contributed by atoms with van der Waals surface area (Å²) >= 11 is 5.98. The van der Waals surface area contributed by atoms with Gasteiger partial charge in [0.05, 0.1) is 11.5 Å². The summed E-state index contributed by atoms with van der Waals surface area (Å²) in [5, 5.41) is 2.76. The van der Waals surface area contributed by atoms with Gasteiger partial charge in [-0.15, -0.1) is 6.42 Å². The first kappa shape index (κ1) is 7.82. The van der Waals surface area contributed by atoms with Crippen LogP contribution in [0, 0.1) is 23.5 Å². The van der Waals surface area contributed by atoms with E-state index in [1.807, 2.05) is 0 Å². The van der Waals surface area contributed by atoms with Gasteiger partial charge in [-0.3, -0.25) is 0 Å². The molecule has 0 aromatic heterocycles. The number of hydrogen-bond acceptors (Lipinski definition) is 1. The number of thioether (sulfide) groups is 1. The molecule has 2 heteroatoms. The minimum absolute atomic E-state index is 0.498. The third-order valence-electron chi connectivity index (χ3n) is 0.372. The van der Waals surface area contributed by atoms with Crippen LogP contribution >= 0.6 is 24.4 Å². The van der Waals surface area contributed by atoms with Crippen molar-refractivity contribution in [2.45, 2.75) is 0 Å². The molecule has 0 saturated carbocycles. The highest BCUT2D eigenvalue weighted by molar-refractivity contribution is 8.04. The van der Waals surface area contributed by atoms with Crippen LogP contribution in [0.3, 0.4) is 0 Å². The Balaban J connectivity index is 3.06. The molecule has 41 valence electrons. The summed E-state index contributed by atoms with van der Waals surface area (Å²) < 4.78 is 0. The SMILES string of the molecule is C#CCSC#CC[S]. The Kier molecular flexibility index (Phi) is 6.67. The van der Waals surface area contributed by atoms with Gasteiger partial charge in [-0.25, -0.2) is 0 Å². The summed E-state index contributed by atoms with van der Waals surface area (Å²) in [4.78, 5) is 0. The van der Waals surface area contributed by atoms with Crippen LogP contribution in [0.2, 0.25) is 0 Å². The standard InChI is InChI=1S/C6H5S2/c1-2-5-8-6-3-4-7/h1H,4-5H2. The van der Waals surface area contributed by atoms with Crippen LogP contribution in [0.15, 0.2) is 0 Å². The van der Waals surface area contributed by atoms with E-state index in [-0.39, 0.29) is 0 Å². The van der Waals surface area contributed by atoms with Gasteiger partial charge in [-0.1, -0.05) is 36.2 Å². The lowest BCUT2D eigenvalue weighted by atomic mass is 10.8. The largest absolute Gasteiger partial charge is 0.119 e. The number of rotatable bonds is 1. The molecule has 0 aromatic rings.